The van der Waals surface area contributed by atoms with Gasteiger partial charge in [-0.2, -0.15) is 0 Å². The molecule has 2 saturated heterocycles. The van der Waals surface area contributed by atoms with Gasteiger partial charge in [-0.05, 0) is 40.7 Å². The topological polar surface area (TPSA) is 108 Å². The molecule has 1 aliphatic carbocycles. The molecule has 2 aliphatic heterocycles. The van der Waals surface area contributed by atoms with Gasteiger partial charge in [0.1, 0.15) is 12.1 Å². The van der Waals surface area contributed by atoms with E-state index < -0.39 is 23.7 Å². The molecule has 0 aromatic heterocycles. The summed E-state index contributed by atoms with van der Waals surface area (Å²) in [4.78, 5) is 42.8. The van der Waals surface area contributed by atoms with Gasteiger partial charge in [-0.3, -0.25) is 9.69 Å². The monoisotopic (exact) mass is 569 g/mol. The number of alkyl carbamates (subject to hydrolysis) is 1. The van der Waals surface area contributed by atoms with Gasteiger partial charge in [0.05, 0.1) is 13.2 Å². The summed E-state index contributed by atoms with van der Waals surface area (Å²) >= 11 is 0. The Morgan fingerprint density at radius 2 is 1.50 bits per heavy atom. The predicted octanol–water partition coefficient (Wildman–Crippen LogP) is 3.87. The van der Waals surface area contributed by atoms with Gasteiger partial charge in [0, 0.05) is 32.1 Å². The van der Waals surface area contributed by atoms with E-state index >= 15 is 0 Å². The molecule has 0 saturated carbocycles. The van der Waals surface area contributed by atoms with Gasteiger partial charge in [0.2, 0.25) is 5.91 Å². The molecular formula is C33H35N3O6. The maximum Gasteiger partial charge on any atom is 0.408 e. The minimum Gasteiger partial charge on any atom is -0.479 e. The lowest BCUT2D eigenvalue weighted by Gasteiger charge is -2.44. The molecule has 3 aromatic rings. The lowest BCUT2D eigenvalue weighted by atomic mass is 9.85. The average Bonchev–Trinajstić information content (AvgIpc) is 3.35. The molecular weight excluding hydrogens is 534 g/mol. The summed E-state index contributed by atoms with van der Waals surface area (Å²) in [7, 11) is 0. The number of likely N-dealkylation sites (tertiary alicyclic amines) is 1. The van der Waals surface area contributed by atoms with Crippen LogP contribution in [-0.2, 0) is 25.6 Å². The van der Waals surface area contributed by atoms with Crippen molar-refractivity contribution in [1.82, 2.24) is 15.1 Å². The van der Waals surface area contributed by atoms with Crippen molar-refractivity contribution in [3.63, 3.8) is 0 Å². The number of carboxylic acids is 1. The number of nitrogens with zero attached hydrogens (tertiary/aromatic N) is 2. The molecule has 2 amide bonds. The molecule has 218 valence electrons. The second-order valence-electron chi connectivity index (χ2n) is 11.2. The summed E-state index contributed by atoms with van der Waals surface area (Å²) in [5, 5.41) is 12.4. The standard InChI is InChI=1S/C33H35N3O6/c37-30(38)29-21-36(18-19-41-29)31(39)33(14-16-35(17-15-33)20-23-8-2-1-3-9-23)34-32(40)42-22-28-26-12-6-4-10-24(26)25-11-5-7-13-27(25)28/h1-13,28-29H,14-22H2,(H,34,40)(H,37,38). The molecule has 42 heavy (non-hydrogen) atoms. The van der Waals surface area contributed by atoms with Gasteiger partial charge in [-0.1, -0.05) is 78.9 Å². The number of piperidine rings is 1. The van der Waals surface area contributed by atoms with Crippen molar-refractivity contribution in [3.05, 3.63) is 95.6 Å². The number of carbonyl (C=O) groups excluding carboxylic acids is 2. The Hall–Kier alpha value is -4.21. The van der Waals surface area contributed by atoms with Crippen LogP contribution < -0.4 is 5.32 Å². The van der Waals surface area contributed by atoms with E-state index in [1.807, 2.05) is 42.5 Å². The first-order chi connectivity index (χ1) is 20.4. The predicted molar refractivity (Wildman–Crippen MR) is 156 cm³/mol. The van der Waals surface area contributed by atoms with Crippen molar-refractivity contribution < 1.29 is 29.0 Å². The van der Waals surface area contributed by atoms with Gasteiger partial charge in [-0.15, -0.1) is 0 Å². The largest absolute Gasteiger partial charge is 0.479 e. The molecule has 9 heteroatoms. The van der Waals surface area contributed by atoms with E-state index in [-0.39, 0.29) is 38.1 Å². The van der Waals surface area contributed by atoms with Crippen LogP contribution in [0.4, 0.5) is 4.79 Å². The number of benzene rings is 3. The van der Waals surface area contributed by atoms with Crippen molar-refractivity contribution >= 4 is 18.0 Å². The van der Waals surface area contributed by atoms with Gasteiger partial charge in [0.25, 0.3) is 0 Å². The minimum atomic E-state index is -1.20. The van der Waals surface area contributed by atoms with Crippen LogP contribution in [0.15, 0.2) is 78.9 Å². The van der Waals surface area contributed by atoms with Crippen LogP contribution in [-0.4, -0.2) is 83.9 Å². The number of nitrogens with one attached hydrogen (secondary N) is 1. The van der Waals surface area contributed by atoms with E-state index in [4.69, 9.17) is 9.47 Å². The number of fused-ring (bicyclic) bond motifs is 3. The van der Waals surface area contributed by atoms with E-state index in [9.17, 15) is 19.5 Å². The Balaban J connectivity index is 1.17. The SMILES string of the molecule is O=C(NC1(C(=O)N2CCOC(C(=O)O)C2)CCN(Cc2ccccc2)CC1)OCC1c2ccccc2-c2ccccc21. The molecule has 0 radical (unpaired) electrons. The zero-order valence-corrected chi connectivity index (χ0v) is 23.4. The fraction of sp³-hybridized carbons (Fsp3) is 0.364. The smallest absolute Gasteiger partial charge is 0.408 e. The number of aliphatic carboxylic acids is 1. The average molecular weight is 570 g/mol. The number of hydrogen-bond donors (Lipinski definition) is 2. The fourth-order valence-electron chi connectivity index (χ4n) is 6.44. The van der Waals surface area contributed by atoms with Crippen molar-refractivity contribution in [1.29, 1.82) is 0 Å². The van der Waals surface area contributed by atoms with Crippen LogP contribution >= 0.6 is 0 Å². The molecule has 0 spiro atoms. The van der Waals surface area contributed by atoms with Gasteiger partial charge >= 0.3 is 12.1 Å². The lowest BCUT2D eigenvalue weighted by Crippen LogP contribution is -2.65. The zero-order valence-electron chi connectivity index (χ0n) is 23.4. The van der Waals surface area contributed by atoms with Crippen LogP contribution in [0.2, 0.25) is 0 Å². The fourth-order valence-corrected chi connectivity index (χ4v) is 6.44. The summed E-state index contributed by atoms with van der Waals surface area (Å²) in [6, 6.07) is 26.4. The summed E-state index contributed by atoms with van der Waals surface area (Å²) in [5.41, 5.74) is 4.48. The third kappa shape index (κ3) is 5.62. The Kier molecular flexibility index (Phi) is 7.95. The Morgan fingerprint density at radius 3 is 2.14 bits per heavy atom. The molecule has 1 unspecified atom stereocenters. The molecule has 3 aliphatic rings. The van der Waals surface area contributed by atoms with E-state index in [0.717, 1.165) is 28.8 Å². The number of amides is 2. The lowest BCUT2D eigenvalue weighted by molar-refractivity contribution is -0.162. The van der Waals surface area contributed by atoms with Crippen molar-refractivity contribution in [2.75, 3.05) is 39.4 Å². The molecule has 6 rings (SSSR count). The highest BCUT2D eigenvalue weighted by atomic mass is 16.5. The van der Waals surface area contributed by atoms with E-state index in [1.54, 1.807) is 0 Å². The van der Waals surface area contributed by atoms with Crippen LogP contribution in [0, 0.1) is 0 Å². The highest BCUT2D eigenvalue weighted by molar-refractivity contribution is 5.91. The number of carboxylic acid groups (broad SMARTS) is 1. The summed E-state index contributed by atoms with van der Waals surface area (Å²) in [6.07, 6.45) is -0.965. The molecule has 2 fully saturated rings. The third-order valence-electron chi connectivity index (χ3n) is 8.68. The first-order valence-corrected chi connectivity index (χ1v) is 14.5. The Morgan fingerprint density at radius 1 is 0.881 bits per heavy atom. The Bertz CT molecular complexity index is 1410. The maximum atomic E-state index is 14.0. The third-order valence-corrected chi connectivity index (χ3v) is 8.68. The Labute approximate surface area is 245 Å². The first-order valence-electron chi connectivity index (χ1n) is 14.5. The van der Waals surface area contributed by atoms with E-state index in [0.29, 0.717) is 25.9 Å². The maximum absolute atomic E-state index is 14.0. The van der Waals surface area contributed by atoms with Gasteiger partial charge in [-0.25, -0.2) is 9.59 Å². The molecule has 1 atom stereocenters. The van der Waals surface area contributed by atoms with Gasteiger partial charge in [0.15, 0.2) is 6.10 Å². The van der Waals surface area contributed by atoms with Crippen LogP contribution in [0.1, 0.15) is 35.4 Å². The zero-order chi connectivity index (χ0) is 29.1. The van der Waals surface area contributed by atoms with E-state index in [1.165, 1.54) is 10.5 Å². The number of rotatable bonds is 7. The number of hydrogen-bond acceptors (Lipinski definition) is 6. The quantitative estimate of drug-likeness (QED) is 0.445. The minimum absolute atomic E-state index is 0.0595. The normalized spacial score (nSPS) is 19.9. The van der Waals surface area contributed by atoms with Crippen molar-refractivity contribution in [2.45, 2.75) is 36.9 Å². The number of morpholine rings is 1. The van der Waals surface area contributed by atoms with Crippen LogP contribution in [0.5, 0.6) is 0 Å². The van der Waals surface area contributed by atoms with Gasteiger partial charge < -0.3 is 24.8 Å². The van der Waals surface area contributed by atoms with Crippen LogP contribution in [0.25, 0.3) is 11.1 Å². The molecule has 3 aromatic carbocycles. The van der Waals surface area contributed by atoms with Crippen molar-refractivity contribution in [3.8, 4) is 11.1 Å². The van der Waals surface area contributed by atoms with Crippen molar-refractivity contribution in [2.24, 2.45) is 0 Å². The second-order valence-corrected chi connectivity index (χ2v) is 11.2. The second kappa shape index (κ2) is 12.0. The molecule has 2 heterocycles. The first kappa shape index (κ1) is 27.9. The number of ether oxygens (including phenoxy) is 2. The summed E-state index contributed by atoms with van der Waals surface area (Å²) < 4.78 is 11.2. The molecule has 2 N–H and O–H groups in total. The number of carbonyl (C=O) groups is 3. The molecule has 9 nitrogen and oxygen atoms in total. The van der Waals surface area contributed by atoms with E-state index in [2.05, 4.69) is 46.6 Å². The van der Waals surface area contributed by atoms with Crippen LogP contribution in [0.3, 0.4) is 0 Å². The summed E-state index contributed by atoms with van der Waals surface area (Å²) in [5.74, 6) is -1.49. The highest BCUT2D eigenvalue weighted by Crippen LogP contribution is 2.44. The highest BCUT2D eigenvalue weighted by Gasteiger charge is 2.47. The molecule has 0 bridgehead atoms. The summed E-state index contributed by atoms with van der Waals surface area (Å²) in [6.45, 7) is 2.41.